The maximum absolute atomic E-state index is 13.9. The second kappa shape index (κ2) is 22.9. The van der Waals surface area contributed by atoms with Gasteiger partial charge in [0.25, 0.3) is 0 Å². The Morgan fingerprint density at radius 2 is 0.966 bits per heavy atom. The Morgan fingerprint density at radius 1 is 0.576 bits per heavy atom. The molecule has 4 aromatic rings. The topological polar surface area (TPSA) is 161 Å². The summed E-state index contributed by atoms with van der Waals surface area (Å²) in [7, 11) is 3.34. The van der Waals surface area contributed by atoms with Gasteiger partial charge in [0.1, 0.15) is 24.3 Å². The van der Waals surface area contributed by atoms with E-state index in [1.807, 2.05) is 86.6 Å². The van der Waals surface area contributed by atoms with Gasteiger partial charge in [0.05, 0.1) is 36.6 Å². The SMILES string of the molecule is CC[C@H](NC(=O)N(C)Cc1ccccn1)C(=O)N[C@@H](CCCc1ccccc1)[C@@H]1O[C@@H]1[C@H](CCCc1ccccc1)NC(=O)[C@H](CC)NC(=O)N(C)Cc1ccccn1. The maximum Gasteiger partial charge on any atom is 0.318 e. The summed E-state index contributed by atoms with van der Waals surface area (Å²) in [4.78, 5) is 65.9. The van der Waals surface area contributed by atoms with Crippen LogP contribution in [0.25, 0.3) is 0 Å². The van der Waals surface area contributed by atoms with Gasteiger partial charge in [-0.3, -0.25) is 19.6 Å². The minimum atomic E-state index is -0.770. The van der Waals surface area contributed by atoms with E-state index in [1.54, 1.807) is 26.5 Å². The molecule has 5 rings (SSSR count). The Morgan fingerprint density at radius 3 is 1.32 bits per heavy atom. The van der Waals surface area contributed by atoms with Gasteiger partial charge in [0, 0.05) is 26.5 Å². The fourth-order valence-electron chi connectivity index (χ4n) is 7.17. The molecule has 13 nitrogen and oxygen atoms in total. The van der Waals surface area contributed by atoms with Crippen LogP contribution in [0.15, 0.2) is 109 Å². The van der Waals surface area contributed by atoms with E-state index in [0.29, 0.717) is 38.8 Å². The van der Waals surface area contributed by atoms with Gasteiger partial charge in [-0.05, 0) is 86.8 Å². The Labute approximate surface area is 348 Å². The van der Waals surface area contributed by atoms with Crippen LogP contribution in [0.3, 0.4) is 0 Å². The molecule has 0 bridgehead atoms. The van der Waals surface area contributed by atoms with E-state index in [0.717, 1.165) is 37.1 Å². The molecule has 2 aromatic carbocycles. The number of nitrogens with one attached hydrogen (secondary N) is 4. The monoisotopic (exact) mass is 804 g/mol. The second-order valence-electron chi connectivity index (χ2n) is 15.2. The molecule has 4 N–H and O–H groups in total. The van der Waals surface area contributed by atoms with Crippen LogP contribution in [0.2, 0.25) is 0 Å². The van der Waals surface area contributed by atoms with Crippen LogP contribution in [0.4, 0.5) is 9.59 Å². The lowest BCUT2D eigenvalue weighted by molar-refractivity contribution is -0.124. The van der Waals surface area contributed by atoms with E-state index in [9.17, 15) is 19.2 Å². The molecule has 3 heterocycles. The first-order valence-corrected chi connectivity index (χ1v) is 20.8. The van der Waals surface area contributed by atoms with Gasteiger partial charge in [-0.1, -0.05) is 86.6 Å². The van der Waals surface area contributed by atoms with E-state index >= 15 is 0 Å². The number of epoxide rings is 1. The number of aromatic nitrogens is 2. The minimum absolute atomic E-state index is 0.292. The smallest absolute Gasteiger partial charge is 0.318 e. The first kappa shape index (κ1) is 44.3. The summed E-state index contributed by atoms with van der Waals surface area (Å²) in [5, 5.41) is 12.3. The number of ether oxygens (including phenoxy) is 1. The van der Waals surface area contributed by atoms with Gasteiger partial charge < -0.3 is 35.8 Å². The third-order valence-electron chi connectivity index (χ3n) is 10.6. The van der Waals surface area contributed by atoms with Gasteiger partial charge in [-0.25, -0.2) is 9.59 Å². The first-order valence-electron chi connectivity index (χ1n) is 20.8. The lowest BCUT2D eigenvalue weighted by Crippen LogP contribution is -2.54. The molecule has 1 aliphatic rings. The quantitative estimate of drug-likeness (QED) is 0.0731. The molecule has 1 aliphatic heterocycles. The normalized spacial score (nSPS) is 16.4. The number of pyridine rings is 2. The van der Waals surface area contributed by atoms with Crippen LogP contribution in [0.1, 0.15) is 74.9 Å². The first-order chi connectivity index (χ1) is 28.6. The molecule has 1 saturated heterocycles. The molecule has 0 spiro atoms. The van der Waals surface area contributed by atoms with Crippen LogP contribution in [-0.2, 0) is 40.3 Å². The molecule has 314 valence electrons. The number of amides is 6. The van der Waals surface area contributed by atoms with Crippen molar-refractivity contribution in [2.45, 2.75) is 115 Å². The number of urea groups is 2. The summed E-state index contributed by atoms with van der Waals surface area (Å²) in [6, 6.07) is 28.4. The highest BCUT2D eigenvalue weighted by Gasteiger charge is 2.50. The lowest BCUT2D eigenvalue weighted by atomic mass is 9.95. The van der Waals surface area contributed by atoms with Crippen LogP contribution < -0.4 is 21.3 Å². The zero-order valence-corrected chi connectivity index (χ0v) is 34.8. The number of benzene rings is 2. The fourth-order valence-corrected chi connectivity index (χ4v) is 7.17. The molecule has 6 amide bonds. The average molecular weight is 805 g/mol. The summed E-state index contributed by atoms with van der Waals surface area (Å²) >= 11 is 0. The molecule has 0 unspecified atom stereocenters. The van der Waals surface area contributed by atoms with Gasteiger partial charge in [0.2, 0.25) is 11.8 Å². The highest BCUT2D eigenvalue weighted by atomic mass is 16.6. The van der Waals surface area contributed by atoms with Crippen molar-refractivity contribution in [3.05, 3.63) is 132 Å². The van der Waals surface area contributed by atoms with Crippen LogP contribution in [-0.4, -0.2) is 94.1 Å². The van der Waals surface area contributed by atoms with Crippen molar-refractivity contribution in [3.63, 3.8) is 0 Å². The van der Waals surface area contributed by atoms with Crippen molar-refractivity contribution in [2.75, 3.05) is 14.1 Å². The zero-order valence-electron chi connectivity index (χ0n) is 34.8. The second-order valence-corrected chi connectivity index (χ2v) is 15.2. The van der Waals surface area contributed by atoms with Gasteiger partial charge in [-0.15, -0.1) is 0 Å². The van der Waals surface area contributed by atoms with Crippen LogP contribution in [0.5, 0.6) is 0 Å². The van der Waals surface area contributed by atoms with Crippen molar-refractivity contribution < 1.29 is 23.9 Å². The highest BCUT2D eigenvalue weighted by molar-refractivity contribution is 5.88. The van der Waals surface area contributed by atoms with Gasteiger partial charge >= 0.3 is 12.1 Å². The zero-order chi connectivity index (χ0) is 42.0. The van der Waals surface area contributed by atoms with Crippen LogP contribution in [0, 0.1) is 0 Å². The predicted molar refractivity (Wildman–Crippen MR) is 228 cm³/mol. The third kappa shape index (κ3) is 14.2. The number of aryl methyl sites for hydroxylation is 2. The number of hydrogen-bond donors (Lipinski definition) is 4. The number of carbonyl (C=O) groups is 4. The maximum atomic E-state index is 13.9. The van der Waals surface area contributed by atoms with E-state index in [1.165, 1.54) is 20.9 Å². The molecule has 0 radical (unpaired) electrons. The number of hydrogen-bond acceptors (Lipinski definition) is 7. The Hall–Kier alpha value is -5.82. The van der Waals surface area contributed by atoms with Gasteiger partial charge in [0.15, 0.2) is 0 Å². The highest BCUT2D eigenvalue weighted by Crippen LogP contribution is 2.33. The van der Waals surface area contributed by atoms with Crippen molar-refractivity contribution >= 4 is 23.9 Å². The molecule has 0 saturated carbocycles. The van der Waals surface area contributed by atoms with E-state index in [2.05, 4.69) is 55.5 Å². The van der Waals surface area contributed by atoms with E-state index in [4.69, 9.17) is 4.74 Å². The average Bonchev–Trinajstić information content (AvgIpc) is 4.06. The summed E-state index contributed by atoms with van der Waals surface area (Å²) in [6.07, 6.45) is 7.89. The molecular formula is C46H60N8O5. The number of nitrogens with zero attached hydrogens (tertiary/aromatic N) is 4. The van der Waals surface area contributed by atoms with Crippen molar-refractivity contribution in [3.8, 4) is 0 Å². The standard InChI is InChI=1S/C46H60N8O5/c1-5-37(51-45(57)53(3)31-35-25-13-15-29-47-35)43(55)49-39(27-17-23-33-19-9-7-10-20-33)41-42(59-41)40(28-18-24-34-21-11-8-12-22-34)50-44(56)38(6-2)52-46(58)54(4)32-36-26-14-16-30-48-36/h7-16,19-22,25-26,29-30,37-42H,5-6,17-18,23-24,27-28,31-32H2,1-4H3,(H,49,55)(H,50,56)(H,51,57)(H,52,58)/t37-,38-,39-,40-,41-,42+/m0/s1. The summed E-state index contributed by atoms with van der Waals surface area (Å²) in [5.74, 6) is -0.585. The molecule has 59 heavy (non-hydrogen) atoms. The number of rotatable bonds is 22. The van der Waals surface area contributed by atoms with E-state index in [-0.39, 0.29) is 48.2 Å². The van der Waals surface area contributed by atoms with Crippen LogP contribution >= 0.6 is 0 Å². The molecule has 2 aromatic heterocycles. The van der Waals surface area contributed by atoms with Crippen molar-refractivity contribution in [1.29, 1.82) is 0 Å². The molecule has 6 atom stereocenters. The van der Waals surface area contributed by atoms with Crippen molar-refractivity contribution in [2.24, 2.45) is 0 Å². The summed E-state index contributed by atoms with van der Waals surface area (Å²) in [6.45, 7) is 4.32. The minimum Gasteiger partial charge on any atom is -0.365 e. The fraction of sp³-hybridized carbons (Fsp3) is 0.435. The molecule has 0 aliphatic carbocycles. The number of carbonyl (C=O) groups excluding carboxylic acids is 4. The van der Waals surface area contributed by atoms with E-state index < -0.39 is 12.1 Å². The Balaban J connectivity index is 1.27. The Kier molecular flexibility index (Phi) is 17.2. The van der Waals surface area contributed by atoms with Crippen molar-refractivity contribution in [1.82, 2.24) is 41.0 Å². The largest absolute Gasteiger partial charge is 0.365 e. The summed E-state index contributed by atoms with van der Waals surface area (Å²) < 4.78 is 6.41. The predicted octanol–water partition coefficient (Wildman–Crippen LogP) is 5.80. The molecule has 1 fully saturated rings. The Bertz CT molecular complexity index is 1750. The third-order valence-corrected chi connectivity index (χ3v) is 10.6. The lowest BCUT2D eigenvalue weighted by Gasteiger charge is -2.26. The molecule has 13 heteroatoms. The summed E-state index contributed by atoms with van der Waals surface area (Å²) in [5.41, 5.74) is 3.88. The van der Waals surface area contributed by atoms with Gasteiger partial charge in [-0.2, -0.15) is 0 Å². The molecular weight excluding hydrogens is 745 g/mol.